The molecule has 0 saturated carbocycles. The standard InChI is InChI=1S/C17H28N2O4/c1-4-18-8-10-19(11-9-18)12-14(20)13-23-17-15(21-2)6-5-7-16(17)22-3/h5-7,14,20H,4,8-13H2,1-3H3/p+2. The van der Waals surface area contributed by atoms with Crippen LogP contribution in [0.3, 0.4) is 0 Å². The third-order valence-corrected chi connectivity index (χ3v) is 4.49. The molecule has 3 N–H and O–H groups in total. The molecular weight excluding hydrogens is 296 g/mol. The molecule has 6 heteroatoms. The Labute approximate surface area is 138 Å². The van der Waals surface area contributed by atoms with Crippen molar-refractivity contribution in [2.75, 3.05) is 60.1 Å². The van der Waals surface area contributed by atoms with E-state index in [0.29, 0.717) is 23.8 Å². The van der Waals surface area contributed by atoms with Gasteiger partial charge in [0, 0.05) is 0 Å². The van der Waals surface area contributed by atoms with Crippen molar-refractivity contribution in [1.29, 1.82) is 0 Å². The number of likely N-dealkylation sites (N-methyl/N-ethyl adjacent to an activating group) is 1. The van der Waals surface area contributed by atoms with Gasteiger partial charge >= 0.3 is 0 Å². The van der Waals surface area contributed by atoms with E-state index < -0.39 is 6.10 Å². The summed E-state index contributed by atoms with van der Waals surface area (Å²) in [5.74, 6) is 1.78. The lowest BCUT2D eigenvalue weighted by atomic mass is 10.2. The van der Waals surface area contributed by atoms with Crippen LogP contribution in [-0.2, 0) is 0 Å². The highest BCUT2D eigenvalue weighted by Gasteiger charge is 2.24. The van der Waals surface area contributed by atoms with Crippen molar-refractivity contribution in [2.24, 2.45) is 0 Å². The molecule has 1 heterocycles. The van der Waals surface area contributed by atoms with Crippen LogP contribution < -0.4 is 24.0 Å². The number of hydrogen-bond acceptors (Lipinski definition) is 4. The Bertz CT molecular complexity index is 453. The summed E-state index contributed by atoms with van der Waals surface area (Å²) in [5.41, 5.74) is 0. The fourth-order valence-electron chi connectivity index (χ4n) is 3.05. The second-order valence-corrected chi connectivity index (χ2v) is 6.01. The third kappa shape index (κ3) is 4.99. The van der Waals surface area contributed by atoms with Gasteiger partial charge in [-0.1, -0.05) is 6.07 Å². The summed E-state index contributed by atoms with van der Waals surface area (Å²) in [6.07, 6.45) is -0.497. The number of quaternary nitrogens is 2. The highest BCUT2D eigenvalue weighted by atomic mass is 16.5. The molecule has 0 aliphatic carbocycles. The van der Waals surface area contributed by atoms with Crippen LogP contribution in [0, 0.1) is 0 Å². The molecular formula is C17H30N2O4+2. The van der Waals surface area contributed by atoms with Gasteiger partial charge in [0.1, 0.15) is 45.4 Å². The van der Waals surface area contributed by atoms with Crippen molar-refractivity contribution in [2.45, 2.75) is 13.0 Å². The summed E-state index contributed by atoms with van der Waals surface area (Å²) < 4.78 is 16.4. The van der Waals surface area contributed by atoms with Crippen LogP contribution in [0.15, 0.2) is 18.2 Å². The number of hydrogen-bond donors (Lipinski definition) is 3. The Morgan fingerprint density at radius 3 is 2.13 bits per heavy atom. The highest BCUT2D eigenvalue weighted by molar-refractivity contribution is 5.51. The van der Waals surface area contributed by atoms with Crippen LogP contribution in [-0.4, -0.2) is 71.3 Å². The maximum absolute atomic E-state index is 10.3. The van der Waals surface area contributed by atoms with Crippen molar-refractivity contribution in [3.05, 3.63) is 18.2 Å². The van der Waals surface area contributed by atoms with Crippen LogP contribution in [0.4, 0.5) is 0 Å². The van der Waals surface area contributed by atoms with Gasteiger partial charge < -0.3 is 29.1 Å². The molecule has 0 spiro atoms. The smallest absolute Gasteiger partial charge is 0.203 e. The van der Waals surface area contributed by atoms with Crippen LogP contribution in [0.25, 0.3) is 0 Å². The summed E-state index contributed by atoms with van der Waals surface area (Å²) in [6, 6.07) is 5.49. The zero-order valence-corrected chi connectivity index (χ0v) is 14.4. The molecule has 1 aliphatic heterocycles. The lowest BCUT2D eigenvalue weighted by molar-refractivity contribution is -1.01. The maximum Gasteiger partial charge on any atom is 0.203 e. The van der Waals surface area contributed by atoms with Crippen molar-refractivity contribution in [3.8, 4) is 17.2 Å². The van der Waals surface area contributed by atoms with Gasteiger partial charge in [0.2, 0.25) is 5.75 Å². The van der Waals surface area contributed by atoms with Gasteiger partial charge in [0.15, 0.2) is 11.5 Å². The van der Waals surface area contributed by atoms with Crippen molar-refractivity contribution < 1.29 is 29.1 Å². The SMILES string of the molecule is CC[NH+]1CC[NH+](CC(O)COc2c(OC)cccc2OC)CC1. The average molecular weight is 326 g/mol. The minimum Gasteiger partial charge on any atom is -0.493 e. The number of aliphatic hydroxyl groups is 1. The van der Waals surface area contributed by atoms with Gasteiger partial charge in [-0.3, -0.25) is 0 Å². The van der Waals surface area contributed by atoms with Crippen LogP contribution in [0.1, 0.15) is 6.92 Å². The number of nitrogens with one attached hydrogen (secondary N) is 2. The molecule has 0 radical (unpaired) electrons. The minimum atomic E-state index is -0.497. The molecule has 1 unspecified atom stereocenters. The number of piperazine rings is 1. The summed E-state index contributed by atoms with van der Waals surface area (Å²) in [6.45, 7) is 8.95. The molecule has 130 valence electrons. The normalized spacial score (nSPS) is 22.4. The molecule has 0 amide bonds. The van der Waals surface area contributed by atoms with E-state index in [0.717, 1.165) is 13.1 Å². The molecule has 6 nitrogen and oxygen atoms in total. The van der Waals surface area contributed by atoms with Gasteiger partial charge in [0.05, 0.1) is 20.8 Å². The Kier molecular flexibility index (Phi) is 6.95. The van der Waals surface area contributed by atoms with Gasteiger partial charge in [0.25, 0.3) is 0 Å². The molecule has 1 aliphatic rings. The van der Waals surface area contributed by atoms with Crippen molar-refractivity contribution in [1.82, 2.24) is 0 Å². The topological polar surface area (TPSA) is 56.8 Å². The largest absolute Gasteiger partial charge is 0.493 e. The zero-order chi connectivity index (χ0) is 16.7. The molecule has 1 saturated heterocycles. The van der Waals surface area contributed by atoms with Crippen molar-refractivity contribution in [3.63, 3.8) is 0 Å². The lowest BCUT2D eigenvalue weighted by Gasteiger charge is -2.30. The Morgan fingerprint density at radius 1 is 1.04 bits per heavy atom. The number of benzene rings is 1. The minimum absolute atomic E-state index is 0.241. The molecule has 1 aromatic carbocycles. The number of para-hydroxylation sites is 1. The number of ether oxygens (including phenoxy) is 3. The molecule has 2 rings (SSSR count). The third-order valence-electron chi connectivity index (χ3n) is 4.49. The van der Waals surface area contributed by atoms with Crippen LogP contribution in [0.2, 0.25) is 0 Å². The zero-order valence-electron chi connectivity index (χ0n) is 14.4. The molecule has 1 aromatic rings. The van der Waals surface area contributed by atoms with Gasteiger partial charge in [-0.25, -0.2) is 0 Å². The first kappa shape index (κ1) is 17.8. The van der Waals surface area contributed by atoms with E-state index >= 15 is 0 Å². The first-order chi connectivity index (χ1) is 11.2. The Balaban J connectivity index is 1.84. The fraction of sp³-hybridized carbons (Fsp3) is 0.647. The van der Waals surface area contributed by atoms with E-state index in [4.69, 9.17) is 14.2 Å². The fourth-order valence-corrected chi connectivity index (χ4v) is 3.05. The molecule has 0 bridgehead atoms. The molecule has 0 aromatic heterocycles. The quantitative estimate of drug-likeness (QED) is 0.530. The monoisotopic (exact) mass is 326 g/mol. The van der Waals surface area contributed by atoms with E-state index in [1.165, 1.54) is 24.5 Å². The molecule has 23 heavy (non-hydrogen) atoms. The van der Waals surface area contributed by atoms with Gasteiger partial charge in [-0.05, 0) is 19.1 Å². The average Bonchev–Trinajstić information content (AvgIpc) is 2.60. The van der Waals surface area contributed by atoms with E-state index in [2.05, 4.69) is 6.92 Å². The summed E-state index contributed by atoms with van der Waals surface area (Å²) >= 11 is 0. The highest BCUT2D eigenvalue weighted by Crippen LogP contribution is 2.36. The predicted molar refractivity (Wildman–Crippen MR) is 87.8 cm³/mol. The second kappa shape index (κ2) is 8.96. The van der Waals surface area contributed by atoms with E-state index in [-0.39, 0.29) is 6.61 Å². The second-order valence-electron chi connectivity index (χ2n) is 6.01. The Morgan fingerprint density at radius 2 is 1.61 bits per heavy atom. The van der Waals surface area contributed by atoms with E-state index in [9.17, 15) is 5.11 Å². The lowest BCUT2D eigenvalue weighted by Crippen LogP contribution is -3.28. The first-order valence-electron chi connectivity index (χ1n) is 8.36. The summed E-state index contributed by atoms with van der Waals surface area (Å²) in [7, 11) is 3.19. The summed E-state index contributed by atoms with van der Waals surface area (Å²) in [5, 5.41) is 10.3. The van der Waals surface area contributed by atoms with Gasteiger partial charge in [-0.2, -0.15) is 0 Å². The van der Waals surface area contributed by atoms with Gasteiger partial charge in [-0.15, -0.1) is 0 Å². The molecule has 1 fully saturated rings. The number of aliphatic hydroxyl groups excluding tert-OH is 1. The van der Waals surface area contributed by atoms with E-state index in [1.54, 1.807) is 19.1 Å². The summed E-state index contributed by atoms with van der Waals surface area (Å²) in [4.78, 5) is 3.10. The van der Waals surface area contributed by atoms with Crippen LogP contribution >= 0.6 is 0 Å². The van der Waals surface area contributed by atoms with Crippen molar-refractivity contribution >= 4 is 0 Å². The number of methoxy groups -OCH3 is 2. The maximum atomic E-state index is 10.3. The Hall–Kier alpha value is -1.50. The van der Waals surface area contributed by atoms with E-state index in [1.807, 2.05) is 18.2 Å². The predicted octanol–water partition coefficient (Wildman–Crippen LogP) is -1.75. The number of rotatable bonds is 8. The first-order valence-corrected chi connectivity index (χ1v) is 8.36. The molecule has 1 atom stereocenters. The van der Waals surface area contributed by atoms with Crippen LogP contribution in [0.5, 0.6) is 17.2 Å².